The van der Waals surface area contributed by atoms with E-state index in [0.29, 0.717) is 17.1 Å². The Morgan fingerprint density at radius 3 is 2.76 bits per heavy atom. The zero-order chi connectivity index (χ0) is 15.4. The van der Waals surface area contributed by atoms with E-state index in [4.69, 9.17) is 5.73 Å². The van der Waals surface area contributed by atoms with Crippen molar-refractivity contribution in [3.8, 4) is 0 Å². The van der Waals surface area contributed by atoms with E-state index in [9.17, 15) is 4.79 Å². The van der Waals surface area contributed by atoms with Gasteiger partial charge in [0, 0.05) is 24.2 Å². The fraction of sp³-hybridized carbons (Fsp3) is 0.467. The molecule has 0 aromatic carbocycles. The lowest BCUT2D eigenvalue weighted by molar-refractivity contribution is 0.0954. The van der Waals surface area contributed by atoms with Crippen molar-refractivity contribution in [2.45, 2.75) is 20.8 Å². The number of nitrogens with one attached hydrogen (secondary N) is 1. The molecule has 0 aliphatic rings. The number of rotatable bonds is 6. The Bertz CT molecular complexity index is 634. The number of nitrogen functional groups attached to an aromatic ring is 1. The molecule has 0 saturated carbocycles. The molecular weight excluding hydrogens is 284 g/mol. The first-order valence-corrected chi connectivity index (χ1v) is 8.04. The number of nitrogens with two attached hydrogens (primary N) is 1. The van der Waals surface area contributed by atoms with Crippen molar-refractivity contribution in [3.05, 3.63) is 22.7 Å². The molecule has 2 aromatic heterocycles. The molecule has 0 saturated heterocycles. The monoisotopic (exact) mass is 306 g/mol. The molecule has 0 radical (unpaired) electrons. The number of hydrogen-bond acceptors (Lipinski definition) is 5. The zero-order valence-corrected chi connectivity index (χ0v) is 13.6. The lowest BCUT2D eigenvalue weighted by Gasteiger charge is -2.17. The number of pyridine rings is 1. The van der Waals surface area contributed by atoms with Crippen LogP contribution < -0.4 is 11.1 Å². The largest absolute Gasteiger partial charge is 0.397 e. The first-order chi connectivity index (χ1) is 10.1. The highest BCUT2D eigenvalue weighted by molar-refractivity contribution is 7.21. The van der Waals surface area contributed by atoms with Crippen molar-refractivity contribution >= 4 is 33.1 Å². The van der Waals surface area contributed by atoms with Gasteiger partial charge < -0.3 is 16.0 Å². The number of carbonyl (C=O) groups excluding carboxylic acids is 1. The van der Waals surface area contributed by atoms with Gasteiger partial charge in [-0.15, -0.1) is 11.3 Å². The maximum Gasteiger partial charge on any atom is 0.263 e. The van der Waals surface area contributed by atoms with Crippen molar-refractivity contribution < 1.29 is 4.79 Å². The minimum atomic E-state index is -0.111. The number of aromatic nitrogens is 1. The van der Waals surface area contributed by atoms with E-state index in [-0.39, 0.29) is 5.91 Å². The molecule has 0 aliphatic carbocycles. The SMILES string of the molecule is CCN(CC)CCNC(=O)c1sc2nc(C)ccc2c1N. The standard InChI is InChI=1S/C15H22N4OS/c1-4-19(5-2)9-8-17-14(20)13-12(16)11-7-6-10(3)18-15(11)21-13/h6-7H,4-5,8-9,16H2,1-3H3,(H,17,20). The van der Waals surface area contributed by atoms with Crippen LogP contribution in [0.1, 0.15) is 29.2 Å². The van der Waals surface area contributed by atoms with Crippen LogP contribution in [-0.2, 0) is 0 Å². The summed E-state index contributed by atoms with van der Waals surface area (Å²) >= 11 is 1.35. The van der Waals surface area contributed by atoms with Gasteiger partial charge in [-0.3, -0.25) is 4.79 Å². The molecule has 2 rings (SSSR count). The summed E-state index contributed by atoms with van der Waals surface area (Å²) in [5.41, 5.74) is 7.53. The number of fused-ring (bicyclic) bond motifs is 1. The molecule has 0 spiro atoms. The van der Waals surface area contributed by atoms with Gasteiger partial charge in [-0.2, -0.15) is 0 Å². The number of thiophene rings is 1. The average Bonchev–Trinajstić information content (AvgIpc) is 2.80. The zero-order valence-electron chi connectivity index (χ0n) is 12.8. The number of carbonyl (C=O) groups is 1. The van der Waals surface area contributed by atoms with E-state index in [1.807, 2.05) is 19.1 Å². The van der Waals surface area contributed by atoms with E-state index in [1.54, 1.807) is 0 Å². The fourth-order valence-corrected chi connectivity index (χ4v) is 3.26. The van der Waals surface area contributed by atoms with E-state index in [0.717, 1.165) is 35.5 Å². The summed E-state index contributed by atoms with van der Waals surface area (Å²) in [4.78, 5) is 20.3. The maximum absolute atomic E-state index is 12.3. The number of likely N-dealkylation sites (N-methyl/N-ethyl adjacent to an activating group) is 1. The molecular formula is C15H22N4OS. The Kier molecular flexibility index (Phi) is 5.14. The minimum Gasteiger partial charge on any atom is -0.397 e. The average molecular weight is 306 g/mol. The normalized spacial score (nSPS) is 11.2. The summed E-state index contributed by atoms with van der Waals surface area (Å²) in [6.45, 7) is 9.61. The molecule has 2 heterocycles. The first-order valence-electron chi connectivity index (χ1n) is 7.23. The lowest BCUT2D eigenvalue weighted by atomic mass is 10.2. The summed E-state index contributed by atoms with van der Waals surface area (Å²) in [6, 6.07) is 3.84. The second-order valence-corrected chi connectivity index (χ2v) is 5.93. The quantitative estimate of drug-likeness (QED) is 0.859. The second-order valence-electron chi connectivity index (χ2n) is 4.93. The van der Waals surface area contributed by atoms with Gasteiger partial charge in [0.1, 0.15) is 9.71 Å². The molecule has 5 nitrogen and oxygen atoms in total. The smallest absolute Gasteiger partial charge is 0.263 e. The van der Waals surface area contributed by atoms with Crippen molar-refractivity contribution in [1.82, 2.24) is 15.2 Å². The van der Waals surface area contributed by atoms with Crippen LogP contribution >= 0.6 is 11.3 Å². The van der Waals surface area contributed by atoms with Crippen molar-refractivity contribution in [2.24, 2.45) is 0 Å². The van der Waals surface area contributed by atoms with Crippen LogP contribution in [0.5, 0.6) is 0 Å². The van der Waals surface area contributed by atoms with Gasteiger partial charge in [0.25, 0.3) is 5.91 Å². The van der Waals surface area contributed by atoms with Crippen LogP contribution in [-0.4, -0.2) is 42.0 Å². The predicted octanol–water partition coefficient (Wildman–Crippen LogP) is 2.26. The summed E-state index contributed by atoms with van der Waals surface area (Å²) in [5, 5.41) is 3.80. The highest BCUT2D eigenvalue weighted by atomic mass is 32.1. The van der Waals surface area contributed by atoms with Crippen LogP contribution in [0, 0.1) is 6.92 Å². The molecule has 21 heavy (non-hydrogen) atoms. The van der Waals surface area contributed by atoms with Crippen molar-refractivity contribution in [2.75, 3.05) is 31.9 Å². The molecule has 2 aromatic rings. The molecule has 0 unspecified atom stereocenters. The summed E-state index contributed by atoms with van der Waals surface area (Å²) in [5.74, 6) is -0.111. The molecule has 3 N–H and O–H groups in total. The lowest BCUT2D eigenvalue weighted by Crippen LogP contribution is -2.34. The van der Waals surface area contributed by atoms with Gasteiger partial charge in [0.2, 0.25) is 0 Å². The van der Waals surface area contributed by atoms with Crippen LogP contribution in [0.15, 0.2) is 12.1 Å². The van der Waals surface area contributed by atoms with Gasteiger partial charge in [0.05, 0.1) is 5.69 Å². The Labute approximate surface area is 129 Å². The Morgan fingerprint density at radius 2 is 2.10 bits per heavy atom. The van der Waals surface area contributed by atoms with Crippen LogP contribution in [0.4, 0.5) is 5.69 Å². The van der Waals surface area contributed by atoms with Crippen molar-refractivity contribution in [1.29, 1.82) is 0 Å². The van der Waals surface area contributed by atoms with Gasteiger partial charge >= 0.3 is 0 Å². The number of aryl methyl sites for hydroxylation is 1. The first kappa shape index (κ1) is 15.7. The number of anilines is 1. The topological polar surface area (TPSA) is 71.2 Å². The van der Waals surface area contributed by atoms with Gasteiger partial charge in [-0.1, -0.05) is 13.8 Å². The van der Waals surface area contributed by atoms with Gasteiger partial charge in [0.15, 0.2) is 0 Å². The molecule has 0 aliphatic heterocycles. The van der Waals surface area contributed by atoms with Crippen molar-refractivity contribution in [3.63, 3.8) is 0 Å². The van der Waals surface area contributed by atoms with Gasteiger partial charge in [-0.05, 0) is 32.1 Å². The Hall–Kier alpha value is -1.66. The number of nitrogens with zero attached hydrogens (tertiary/aromatic N) is 2. The third-order valence-corrected chi connectivity index (χ3v) is 4.66. The van der Waals surface area contributed by atoms with Crippen LogP contribution in [0.25, 0.3) is 10.2 Å². The maximum atomic E-state index is 12.3. The number of hydrogen-bond donors (Lipinski definition) is 2. The van der Waals surface area contributed by atoms with E-state index in [2.05, 4.69) is 29.0 Å². The summed E-state index contributed by atoms with van der Waals surface area (Å²) in [7, 11) is 0. The second kappa shape index (κ2) is 6.87. The predicted molar refractivity (Wildman–Crippen MR) is 88.9 cm³/mol. The minimum absolute atomic E-state index is 0.111. The molecule has 114 valence electrons. The summed E-state index contributed by atoms with van der Waals surface area (Å²) in [6.07, 6.45) is 0. The van der Waals surface area contributed by atoms with E-state index >= 15 is 0 Å². The fourth-order valence-electron chi connectivity index (χ4n) is 2.21. The van der Waals surface area contributed by atoms with Crippen LogP contribution in [0.2, 0.25) is 0 Å². The van der Waals surface area contributed by atoms with Gasteiger partial charge in [-0.25, -0.2) is 4.98 Å². The molecule has 6 heteroatoms. The number of amides is 1. The summed E-state index contributed by atoms with van der Waals surface area (Å²) < 4.78 is 0. The Balaban J connectivity index is 2.07. The highest BCUT2D eigenvalue weighted by Gasteiger charge is 2.17. The van der Waals surface area contributed by atoms with E-state index in [1.165, 1.54) is 11.3 Å². The molecule has 0 bridgehead atoms. The Morgan fingerprint density at radius 1 is 1.38 bits per heavy atom. The molecule has 1 amide bonds. The molecule has 0 fully saturated rings. The highest BCUT2D eigenvalue weighted by Crippen LogP contribution is 2.32. The molecule has 0 atom stereocenters. The third kappa shape index (κ3) is 3.51. The van der Waals surface area contributed by atoms with E-state index < -0.39 is 0 Å². The van der Waals surface area contributed by atoms with Crippen LogP contribution in [0.3, 0.4) is 0 Å². The third-order valence-electron chi connectivity index (χ3n) is 3.55.